The zero-order valence-electron chi connectivity index (χ0n) is 11.6. The van der Waals surface area contributed by atoms with Crippen LogP contribution in [0, 0.1) is 18.2 Å². The molecule has 0 aliphatic heterocycles. The lowest BCUT2D eigenvalue weighted by Gasteiger charge is -2.51. The maximum atomic E-state index is 13.6. The summed E-state index contributed by atoms with van der Waals surface area (Å²) in [6.07, 6.45) is 1.30. The Bertz CT molecular complexity index is 431. The Labute approximate surface area is 109 Å². The van der Waals surface area contributed by atoms with E-state index in [-0.39, 0.29) is 11.2 Å². The molecule has 1 aromatic carbocycles. The summed E-state index contributed by atoms with van der Waals surface area (Å²) < 4.78 is 19.0. The van der Waals surface area contributed by atoms with E-state index >= 15 is 0 Å². The minimum Gasteiger partial charge on any atom is -0.381 e. The average molecular weight is 251 g/mol. The number of hydrogen-bond donors (Lipinski definition) is 1. The molecule has 0 aromatic heterocycles. The van der Waals surface area contributed by atoms with Crippen LogP contribution in [0.3, 0.4) is 0 Å². The Balaban J connectivity index is 1.95. The van der Waals surface area contributed by atoms with E-state index in [0.29, 0.717) is 18.7 Å². The van der Waals surface area contributed by atoms with Crippen LogP contribution in [0.5, 0.6) is 0 Å². The number of hydrogen-bond acceptors (Lipinski definition) is 2. The first-order chi connectivity index (χ1) is 8.45. The van der Waals surface area contributed by atoms with E-state index < -0.39 is 0 Å². The van der Waals surface area contributed by atoms with Crippen LogP contribution in [0.2, 0.25) is 0 Å². The lowest BCUT2D eigenvalue weighted by Crippen LogP contribution is -2.60. The summed E-state index contributed by atoms with van der Waals surface area (Å²) in [6, 6.07) is 5.63. The number of benzene rings is 1. The van der Waals surface area contributed by atoms with E-state index in [1.54, 1.807) is 13.2 Å². The van der Waals surface area contributed by atoms with Gasteiger partial charge in [-0.25, -0.2) is 4.39 Å². The summed E-state index contributed by atoms with van der Waals surface area (Å²) in [5, 5.41) is 3.44. The molecule has 2 nitrogen and oxygen atoms in total. The predicted octanol–water partition coefficient (Wildman–Crippen LogP) is 3.04. The SMILES string of the molecule is COC1CC(NCc2cc(C)ccc2F)C1(C)C. The van der Waals surface area contributed by atoms with Crippen molar-refractivity contribution in [2.75, 3.05) is 7.11 Å². The van der Waals surface area contributed by atoms with Crippen molar-refractivity contribution in [2.45, 2.75) is 45.9 Å². The summed E-state index contributed by atoms with van der Waals surface area (Å²) in [7, 11) is 1.75. The zero-order chi connectivity index (χ0) is 13.3. The van der Waals surface area contributed by atoms with Gasteiger partial charge in [0.15, 0.2) is 0 Å². The van der Waals surface area contributed by atoms with E-state index in [1.807, 2.05) is 13.0 Å². The first-order valence-electron chi connectivity index (χ1n) is 6.46. The number of aryl methyl sites for hydroxylation is 1. The molecule has 1 aliphatic rings. The molecule has 3 heteroatoms. The molecular formula is C15H22FNO. The van der Waals surface area contributed by atoms with Gasteiger partial charge in [-0.3, -0.25) is 0 Å². The van der Waals surface area contributed by atoms with E-state index in [9.17, 15) is 4.39 Å². The van der Waals surface area contributed by atoms with E-state index in [1.165, 1.54) is 6.07 Å². The minimum atomic E-state index is -0.131. The molecule has 100 valence electrons. The number of halogens is 1. The fourth-order valence-corrected chi connectivity index (χ4v) is 2.70. The van der Waals surface area contributed by atoms with Crippen LogP contribution in [0.25, 0.3) is 0 Å². The predicted molar refractivity (Wildman–Crippen MR) is 71.0 cm³/mol. The van der Waals surface area contributed by atoms with Gasteiger partial charge in [-0.2, -0.15) is 0 Å². The van der Waals surface area contributed by atoms with Gasteiger partial charge in [0.25, 0.3) is 0 Å². The maximum absolute atomic E-state index is 13.6. The number of nitrogens with one attached hydrogen (secondary N) is 1. The Morgan fingerprint density at radius 2 is 2.17 bits per heavy atom. The molecule has 2 unspecified atom stereocenters. The molecule has 0 spiro atoms. The highest BCUT2D eigenvalue weighted by atomic mass is 19.1. The number of ether oxygens (including phenoxy) is 1. The summed E-state index contributed by atoms with van der Waals surface area (Å²) in [6.45, 7) is 6.94. The van der Waals surface area contributed by atoms with Gasteiger partial charge in [-0.15, -0.1) is 0 Å². The third-order valence-electron chi connectivity index (χ3n) is 4.20. The van der Waals surface area contributed by atoms with Gasteiger partial charge < -0.3 is 10.1 Å². The highest BCUT2D eigenvalue weighted by molar-refractivity contribution is 5.24. The van der Waals surface area contributed by atoms with Crippen molar-refractivity contribution in [3.8, 4) is 0 Å². The van der Waals surface area contributed by atoms with Gasteiger partial charge in [-0.1, -0.05) is 31.5 Å². The number of methoxy groups -OCH3 is 1. The van der Waals surface area contributed by atoms with Crippen molar-refractivity contribution in [1.82, 2.24) is 5.32 Å². The Kier molecular flexibility index (Phi) is 3.74. The third-order valence-corrected chi connectivity index (χ3v) is 4.20. The van der Waals surface area contributed by atoms with Gasteiger partial charge >= 0.3 is 0 Å². The summed E-state index contributed by atoms with van der Waals surface area (Å²) in [5.74, 6) is -0.131. The van der Waals surface area contributed by atoms with Crippen LogP contribution in [0.4, 0.5) is 4.39 Å². The number of rotatable bonds is 4. The molecule has 0 saturated heterocycles. The molecule has 1 aromatic rings. The molecule has 2 rings (SSSR count). The second-order valence-electron chi connectivity index (χ2n) is 5.81. The highest BCUT2D eigenvalue weighted by Crippen LogP contribution is 2.42. The first kappa shape index (κ1) is 13.5. The summed E-state index contributed by atoms with van der Waals surface area (Å²) >= 11 is 0. The molecule has 0 amide bonds. The first-order valence-corrected chi connectivity index (χ1v) is 6.46. The molecule has 1 aliphatic carbocycles. The van der Waals surface area contributed by atoms with Crippen molar-refractivity contribution in [3.05, 3.63) is 35.1 Å². The largest absolute Gasteiger partial charge is 0.381 e. The summed E-state index contributed by atoms with van der Waals surface area (Å²) in [4.78, 5) is 0. The van der Waals surface area contributed by atoms with E-state index in [4.69, 9.17) is 4.74 Å². The monoisotopic (exact) mass is 251 g/mol. The van der Waals surface area contributed by atoms with Crippen molar-refractivity contribution in [2.24, 2.45) is 5.41 Å². The van der Waals surface area contributed by atoms with Crippen LogP contribution < -0.4 is 5.32 Å². The smallest absolute Gasteiger partial charge is 0.127 e. The Morgan fingerprint density at radius 3 is 2.78 bits per heavy atom. The van der Waals surface area contributed by atoms with Gasteiger partial charge in [0, 0.05) is 30.7 Å². The van der Waals surface area contributed by atoms with Crippen LogP contribution in [-0.4, -0.2) is 19.3 Å². The van der Waals surface area contributed by atoms with Gasteiger partial charge in [-0.05, 0) is 19.4 Å². The molecular weight excluding hydrogens is 229 g/mol. The van der Waals surface area contributed by atoms with Crippen LogP contribution in [0.1, 0.15) is 31.4 Å². The van der Waals surface area contributed by atoms with Crippen molar-refractivity contribution in [1.29, 1.82) is 0 Å². The topological polar surface area (TPSA) is 21.3 Å². The van der Waals surface area contributed by atoms with Crippen LogP contribution in [0.15, 0.2) is 18.2 Å². The quantitative estimate of drug-likeness (QED) is 0.888. The molecule has 18 heavy (non-hydrogen) atoms. The van der Waals surface area contributed by atoms with Crippen LogP contribution >= 0.6 is 0 Å². The second kappa shape index (κ2) is 4.98. The standard InChI is InChI=1S/C15H22FNO/c1-10-5-6-12(16)11(7-10)9-17-13-8-14(18-4)15(13,2)3/h5-7,13-14,17H,8-9H2,1-4H3. The zero-order valence-corrected chi connectivity index (χ0v) is 11.6. The fraction of sp³-hybridized carbons (Fsp3) is 0.600. The Hall–Kier alpha value is -0.930. The lowest BCUT2D eigenvalue weighted by atomic mass is 9.64. The fourth-order valence-electron chi connectivity index (χ4n) is 2.70. The van der Waals surface area contributed by atoms with Gasteiger partial charge in [0.05, 0.1) is 6.10 Å². The molecule has 0 radical (unpaired) electrons. The molecule has 2 atom stereocenters. The van der Waals surface area contributed by atoms with Crippen molar-refractivity contribution < 1.29 is 9.13 Å². The normalized spacial score (nSPS) is 25.8. The van der Waals surface area contributed by atoms with Crippen molar-refractivity contribution in [3.63, 3.8) is 0 Å². The van der Waals surface area contributed by atoms with Crippen molar-refractivity contribution >= 4 is 0 Å². The second-order valence-corrected chi connectivity index (χ2v) is 5.81. The van der Waals surface area contributed by atoms with E-state index in [0.717, 1.165) is 17.5 Å². The van der Waals surface area contributed by atoms with Gasteiger partial charge in [0.1, 0.15) is 5.82 Å². The molecule has 0 heterocycles. The maximum Gasteiger partial charge on any atom is 0.127 e. The summed E-state index contributed by atoms with van der Waals surface area (Å²) in [5.41, 5.74) is 1.96. The van der Waals surface area contributed by atoms with Crippen LogP contribution in [-0.2, 0) is 11.3 Å². The lowest BCUT2D eigenvalue weighted by molar-refractivity contribution is -0.0979. The molecule has 1 fully saturated rings. The highest BCUT2D eigenvalue weighted by Gasteiger charge is 2.48. The molecule has 0 bridgehead atoms. The van der Waals surface area contributed by atoms with Gasteiger partial charge in [0.2, 0.25) is 0 Å². The third kappa shape index (κ3) is 2.43. The average Bonchev–Trinajstić information content (AvgIpc) is 2.32. The molecule has 1 N–H and O–H groups in total. The minimum absolute atomic E-state index is 0.120. The molecule has 1 saturated carbocycles. The Morgan fingerprint density at radius 1 is 1.44 bits per heavy atom. The van der Waals surface area contributed by atoms with E-state index in [2.05, 4.69) is 19.2 Å².